The van der Waals surface area contributed by atoms with Crippen LogP contribution in [0.15, 0.2) is 24.5 Å². The average molecular weight is 372 g/mol. The van der Waals surface area contributed by atoms with Gasteiger partial charge < -0.3 is 31.9 Å². The number of carboxylic acid groups (broad SMARTS) is 2. The minimum Gasteiger partial charge on any atom is -0.480 e. The Morgan fingerprint density at radius 3 is 2.04 bits per heavy atom. The van der Waals surface area contributed by atoms with E-state index >= 15 is 0 Å². The van der Waals surface area contributed by atoms with Crippen LogP contribution in [-0.4, -0.2) is 81.1 Å². The zero-order valence-corrected chi connectivity index (χ0v) is 14.7. The van der Waals surface area contributed by atoms with Gasteiger partial charge in [0.25, 0.3) is 0 Å². The lowest BCUT2D eigenvalue weighted by Gasteiger charge is -2.18. The molecule has 1 fully saturated rings. The first-order valence-electron chi connectivity index (χ1n) is 8.03. The van der Waals surface area contributed by atoms with E-state index in [9.17, 15) is 9.59 Å². The second-order valence-electron chi connectivity index (χ2n) is 5.68. The van der Waals surface area contributed by atoms with Gasteiger partial charge in [-0.2, -0.15) is 0 Å². The molecule has 0 spiro atoms. The Hall–Kier alpha value is -2.11. The lowest BCUT2D eigenvalue weighted by Crippen LogP contribution is -2.33. The summed E-state index contributed by atoms with van der Waals surface area (Å²) in [6.45, 7) is 0.213. The summed E-state index contributed by atoms with van der Waals surface area (Å²) in [7, 11) is 2.19. The summed E-state index contributed by atoms with van der Waals surface area (Å²) in [5.41, 5.74) is 10.9. The number of rotatable bonds is 5. The van der Waals surface area contributed by atoms with Crippen LogP contribution in [-0.2, 0) is 9.59 Å². The fourth-order valence-corrected chi connectivity index (χ4v) is 2.06. The second kappa shape index (κ2) is 13.1. The first-order valence-corrected chi connectivity index (χ1v) is 8.03. The first kappa shape index (κ1) is 23.9. The summed E-state index contributed by atoms with van der Waals surface area (Å²) in [6, 6.07) is 2.54. The number of aliphatic carboxylic acids is 2. The minimum atomic E-state index is -1.18. The van der Waals surface area contributed by atoms with E-state index in [1.165, 1.54) is 24.9 Å². The SMILES string of the molecule is CN1CCCC1c1cccnc1.N[C@@H](CO)C(=O)O.N[C@@H](CO)C(=O)O. The number of carbonyl (C=O) groups is 2. The van der Waals surface area contributed by atoms with Crippen molar-refractivity contribution >= 4 is 11.9 Å². The third kappa shape index (κ3) is 9.39. The van der Waals surface area contributed by atoms with Crippen molar-refractivity contribution in [3.63, 3.8) is 0 Å². The van der Waals surface area contributed by atoms with Gasteiger partial charge in [-0.05, 0) is 38.1 Å². The highest BCUT2D eigenvalue weighted by atomic mass is 16.4. The Balaban J connectivity index is 0.000000390. The number of hydrogen-bond donors (Lipinski definition) is 6. The van der Waals surface area contributed by atoms with E-state index in [-0.39, 0.29) is 0 Å². The number of likely N-dealkylation sites (tertiary alicyclic amines) is 1. The van der Waals surface area contributed by atoms with Crippen molar-refractivity contribution in [1.29, 1.82) is 0 Å². The second-order valence-corrected chi connectivity index (χ2v) is 5.68. The van der Waals surface area contributed by atoms with Crippen LogP contribution in [0.5, 0.6) is 0 Å². The molecule has 0 amide bonds. The zero-order valence-electron chi connectivity index (χ0n) is 14.7. The maximum absolute atomic E-state index is 9.65. The fraction of sp³-hybridized carbons (Fsp3) is 0.562. The molecule has 148 valence electrons. The lowest BCUT2D eigenvalue weighted by atomic mass is 10.1. The Bertz CT molecular complexity index is 511. The van der Waals surface area contributed by atoms with E-state index in [0.29, 0.717) is 6.04 Å². The highest BCUT2D eigenvalue weighted by Crippen LogP contribution is 2.29. The van der Waals surface area contributed by atoms with Gasteiger partial charge in [0.15, 0.2) is 0 Å². The molecule has 0 aromatic carbocycles. The Morgan fingerprint density at radius 1 is 1.23 bits per heavy atom. The number of aromatic nitrogens is 1. The number of nitrogens with two attached hydrogens (primary N) is 2. The molecule has 3 atom stereocenters. The first-order chi connectivity index (χ1) is 12.2. The van der Waals surface area contributed by atoms with Gasteiger partial charge in [-0.1, -0.05) is 6.07 Å². The molecule has 8 N–H and O–H groups in total. The van der Waals surface area contributed by atoms with Gasteiger partial charge in [-0.3, -0.25) is 19.5 Å². The molecule has 0 saturated carbocycles. The molecule has 10 heteroatoms. The molecule has 10 nitrogen and oxygen atoms in total. The average Bonchev–Trinajstić information content (AvgIpc) is 3.07. The number of carboxylic acids is 2. The predicted octanol–water partition coefficient (Wildman–Crippen LogP) is -1.37. The van der Waals surface area contributed by atoms with E-state index in [2.05, 4.69) is 23.0 Å². The van der Waals surface area contributed by atoms with Crippen molar-refractivity contribution in [1.82, 2.24) is 9.88 Å². The number of hydrogen-bond acceptors (Lipinski definition) is 8. The van der Waals surface area contributed by atoms with Crippen molar-refractivity contribution in [3.8, 4) is 0 Å². The summed E-state index contributed by atoms with van der Waals surface area (Å²) in [5.74, 6) is -2.36. The van der Waals surface area contributed by atoms with Gasteiger partial charge in [0.1, 0.15) is 12.1 Å². The molecule has 2 heterocycles. The van der Waals surface area contributed by atoms with Gasteiger partial charge in [0.05, 0.1) is 13.2 Å². The van der Waals surface area contributed by atoms with Crippen LogP contribution < -0.4 is 11.5 Å². The van der Waals surface area contributed by atoms with E-state index in [4.69, 9.17) is 31.9 Å². The lowest BCUT2D eigenvalue weighted by molar-refractivity contribution is -0.140. The van der Waals surface area contributed by atoms with Crippen molar-refractivity contribution in [3.05, 3.63) is 30.1 Å². The number of aliphatic hydroxyl groups is 2. The third-order valence-electron chi connectivity index (χ3n) is 3.62. The molecule has 1 aromatic rings. The van der Waals surface area contributed by atoms with Crippen LogP contribution in [0.25, 0.3) is 0 Å². The topological polar surface area (TPSA) is 183 Å². The predicted molar refractivity (Wildman–Crippen MR) is 94.2 cm³/mol. The van der Waals surface area contributed by atoms with Crippen molar-refractivity contribution in [2.24, 2.45) is 11.5 Å². The molecule has 1 saturated heterocycles. The van der Waals surface area contributed by atoms with Crippen molar-refractivity contribution in [2.75, 3.05) is 26.8 Å². The van der Waals surface area contributed by atoms with E-state index in [1.54, 1.807) is 0 Å². The van der Waals surface area contributed by atoms with Crippen LogP contribution in [0.3, 0.4) is 0 Å². The zero-order chi connectivity index (χ0) is 20.1. The highest BCUT2D eigenvalue weighted by molar-refractivity contribution is 5.73. The third-order valence-corrected chi connectivity index (χ3v) is 3.62. The summed E-state index contributed by atoms with van der Waals surface area (Å²) in [4.78, 5) is 25.8. The molecule has 1 aliphatic heterocycles. The quantitative estimate of drug-likeness (QED) is 0.360. The summed E-state index contributed by atoms with van der Waals surface area (Å²) >= 11 is 0. The van der Waals surface area contributed by atoms with Crippen LogP contribution >= 0.6 is 0 Å². The number of nitrogens with zero attached hydrogens (tertiary/aromatic N) is 2. The summed E-state index contributed by atoms with van der Waals surface area (Å²) < 4.78 is 0. The molecule has 0 bridgehead atoms. The highest BCUT2D eigenvalue weighted by Gasteiger charge is 2.21. The fourth-order valence-electron chi connectivity index (χ4n) is 2.06. The Kier molecular flexibility index (Phi) is 12.1. The minimum absolute atomic E-state index is 0.505. The van der Waals surface area contributed by atoms with Crippen molar-refractivity contribution in [2.45, 2.75) is 31.0 Å². The maximum Gasteiger partial charge on any atom is 0.322 e. The van der Waals surface area contributed by atoms with Gasteiger partial charge >= 0.3 is 11.9 Å². The molecular formula is C16H28N4O6. The molecule has 26 heavy (non-hydrogen) atoms. The Labute approximate surface area is 152 Å². The number of aliphatic hydroxyl groups excluding tert-OH is 2. The molecule has 2 rings (SSSR count). The van der Waals surface area contributed by atoms with Crippen LogP contribution in [0.1, 0.15) is 24.4 Å². The van der Waals surface area contributed by atoms with Gasteiger partial charge in [-0.15, -0.1) is 0 Å². The Morgan fingerprint density at radius 2 is 1.77 bits per heavy atom. The molecule has 1 aliphatic rings. The molecule has 1 unspecified atom stereocenters. The van der Waals surface area contributed by atoms with E-state index < -0.39 is 37.2 Å². The van der Waals surface area contributed by atoms with E-state index in [0.717, 1.165) is 0 Å². The largest absolute Gasteiger partial charge is 0.480 e. The number of pyridine rings is 1. The standard InChI is InChI=1S/C10H14N2.2C3H7NO3/c1-12-7-3-5-10(12)9-4-2-6-11-8-9;2*4-2(1-5)3(6)7/h2,4,6,8,10H,3,5,7H2,1H3;2*2,5H,1,4H2,(H,6,7)/t;2*2-/m.00/s1. The maximum atomic E-state index is 9.65. The normalized spacial score (nSPS) is 18.6. The van der Waals surface area contributed by atoms with Crippen LogP contribution in [0.4, 0.5) is 0 Å². The van der Waals surface area contributed by atoms with Gasteiger partial charge in [-0.25, -0.2) is 0 Å². The van der Waals surface area contributed by atoms with Crippen LogP contribution in [0.2, 0.25) is 0 Å². The van der Waals surface area contributed by atoms with E-state index in [1.807, 2.05) is 18.5 Å². The summed E-state index contributed by atoms with van der Waals surface area (Å²) in [6.07, 6.45) is 6.41. The van der Waals surface area contributed by atoms with Gasteiger partial charge in [0.2, 0.25) is 0 Å². The van der Waals surface area contributed by atoms with Gasteiger partial charge in [0, 0.05) is 18.4 Å². The monoisotopic (exact) mass is 372 g/mol. The molecule has 1 aromatic heterocycles. The van der Waals surface area contributed by atoms with Crippen molar-refractivity contribution < 1.29 is 30.0 Å². The summed E-state index contributed by atoms with van der Waals surface area (Å²) in [5, 5.41) is 31.8. The molecular weight excluding hydrogens is 344 g/mol. The van der Waals surface area contributed by atoms with Crippen LogP contribution in [0, 0.1) is 0 Å². The smallest absolute Gasteiger partial charge is 0.322 e. The molecule has 0 radical (unpaired) electrons. The molecule has 0 aliphatic carbocycles.